The molecule has 0 radical (unpaired) electrons. The van der Waals surface area contributed by atoms with Crippen LogP contribution in [0.15, 0.2) is 39.6 Å². The number of aromatic nitrogens is 2. The lowest BCUT2D eigenvalue weighted by molar-refractivity contribution is 0.0993. The van der Waals surface area contributed by atoms with Crippen molar-refractivity contribution in [3.05, 3.63) is 56.7 Å². The van der Waals surface area contributed by atoms with Gasteiger partial charge in [0.05, 0.1) is 10.6 Å². The highest BCUT2D eigenvalue weighted by atomic mass is 32.2. The van der Waals surface area contributed by atoms with E-state index in [0.717, 1.165) is 23.2 Å². The van der Waals surface area contributed by atoms with E-state index in [2.05, 4.69) is 11.1 Å². The molecular weight excluding hydrogens is 352 g/mol. The fourth-order valence-corrected chi connectivity index (χ4v) is 5.01. The van der Waals surface area contributed by atoms with Crippen molar-refractivity contribution in [1.29, 1.82) is 0 Å². The first-order valence-corrected chi connectivity index (χ1v) is 10.1. The Labute approximate surface area is 153 Å². The molecule has 1 aromatic carbocycles. The van der Waals surface area contributed by atoms with Crippen molar-refractivity contribution >= 4 is 39.1 Å². The molecule has 1 unspecified atom stereocenters. The van der Waals surface area contributed by atoms with E-state index in [9.17, 15) is 9.59 Å². The normalized spacial score (nSPS) is 14.6. The van der Waals surface area contributed by atoms with Gasteiger partial charge in [-0.1, -0.05) is 23.9 Å². The summed E-state index contributed by atoms with van der Waals surface area (Å²) in [6.45, 7) is 1.88. The third-order valence-corrected chi connectivity index (χ3v) is 6.65. The fraction of sp³-hybridized carbons (Fsp3) is 0.316. The number of ketones is 1. The predicted octanol–water partition coefficient (Wildman–Crippen LogP) is 3.85. The molecule has 1 aliphatic rings. The molecule has 6 heteroatoms. The van der Waals surface area contributed by atoms with Crippen molar-refractivity contribution in [3.8, 4) is 0 Å². The molecule has 0 aliphatic heterocycles. The van der Waals surface area contributed by atoms with Gasteiger partial charge in [-0.3, -0.25) is 14.2 Å². The number of nitrogens with zero attached hydrogens (tertiary/aromatic N) is 2. The van der Waals surface area contributed by atoms with Gasteiger partial charge in [-0.25, -0.2) is 4.98 Å². The van der Waals surface area contributed by atoms with Crippen LogP contribution in [0.4, 0.5) is 0 Å². The first-order chi connectivity index (χ1) is 12.0. The van der Waals surface area contributed by atoms with Crippen LogP contribution >= 0.6 is 23.1 Å². The molecule has 2 heterocycles. The lowest BCUT2D eigenvalue weighted by atomic mass is 10.0. The van der Waals surface area contributed by atoms with Gasteiger partial charge in [0.25, 0.3) is 5.56 Å². The summed E-state index contributed by atoms with van der Waals surface area (Å²) in [5.41, 5.74) is 3.35. The number of carbonyl (C=O) groups excluding carboxylic acids is 1. The van der Waals surface area contributed by atoms with Crippen LogP contribution in [0.3, 0.4) is 0 Å². The van der Waals surface area contributed by atoms with E-state index in [0.29, 0.717) is 10.5 Å². The Kier molecular flexibility index (Phi) is 4.25. The number of carbonyl (C=O) groups is 1. The van der Waals surface area contributed by atoms with Crippen molar-refractivity contribution in [1.82, 2.24) is 9.55 Å². The first-order valence-electron chi connectivity index (χ1n) is 8.31. The Balaban J connectivity index is 1.61. The molecule has 128 valence electrons. The largest absolute Gasteiger partial charge is 0.293 e. The topological polar surface area (TPSA) is 52.0 Å². The second-order valence-electron chi connectivity index (χ2n) is 6.36. The fourth-order valence-electron chi connectivity index (χ4n) is 3.26. The molecule has 3 aromatic rings. The molecule has 0 amide bonds. The van der Waals surface area contributed by atoms with Crippen LogP contribution in [0.1, 0.15) is 34.8 Å². The molecule has 1 aliphatic carbocycles. The van der Waals surface area contributed by atoms with E-state index in [-0.39, 0.29) is 16.6 Å². The SMILES string of the molecule is CC(Sc1nc2sccc2c(=O)n1C)C(=O)c1ccc2c(c1)CCC2. The summed E-state index contributed by atoms with van der Waals surface area (Å²) in [6.07, 6.45) is 3.34. The Morgan fingerprint density at radius 3 is 2.92 bits per heavy atom. The Bertz CT molecular complexity index is 1040. The van der Waals surface area contributed by atoms with Crippen LogP contribution in [0.25, 0.3) is 10.2 Å². The number of hydrogen-bond donors (Lipinski definition) is 0. The van der Waals surface area contributed by atoms with E-state index >= 15 is 0 Å². The highest BCUT2D eigenvalue weighted by molar-refractivity contribution is 8.00. The van der Waals surface area contributed by atoms with Crippen LogP contribution < -0.4 is 5.56 Å². The maximum atomic E-state index is 12.8. The number of fused-ring (bicyclic) bond motifs is 2. The smallest absolute Gasteiger partial charge is 0.262 e. The van der Waals surface area contributed by atoms with E-state index in [1.165, 1.54) is 45.2 Å². The summed E-state index contributed by atoms with van der Waals surface area (Å²) in [6, 6.07) is 7.84. The molecule has 0 fully saturated rings. The lowest BCUT2D eigenvalue weighted by Gasteiger charge is -2.13. The van der Waals surface area contributed by atoms with Gasteiger partial charge in [0.1, 0.15) is 4.83 Å². The summed E-state index contributed by atoms with van der Waals surface area (Å²) in [4.78, 5) is 30.5. The van der Waals surface area contributed by atoms with Gasteiger partial charge < -0.3 is 0 Å². The summed E-state index contributed by atoms with van der Waals surface area (Å²) in [5, 5.41) is 2.79. The van der Waals surface area contributed by atoms with Crippen LogP contribution in [0.2, 0.25) is 0 Å². The third kappa shape index (κ3) is 2.93. The summed E-state index contributed by atoms with van der Waals surface area (Å²) < 4.78 is 1.53. The molecule has 25 heavy (non-hydrogen) atoms. The van der Waals surface area contributed by atoms with Crippen molar-refractivity contribution in [3.63, 3.8) is 0 Å². The average Bonchev–Trinajstić information content (AvgIpc) is 3.26. The summed E-state index contributed by atoms with van der Waals surface area (Å²) in [7, 11) is 1.71. The Hall–Kier alpha value is -1.92. The van der Waals surface area contributed by atoms with Crippen molar-refractivity contribution < 1.29 is 4.79 Å². The van der Waals surface area contributed by atoms with Gasteiger partial charge in [-0.15, -0.1) is 11.3 Å². The predicted molar refractivity (Wildman–Crippen MR) is 103 cm³/mol. The lowest BCUT2D eigenvalue weighted by Crippen LogP contribution is -2.22. The Morgan fingerprint density at radius 1 is 1.28 bits per heavy atom. The van der Waals surface area contributed by atoms with Gasteiger partial charge in [-0.05, 0) is 54.8 Å². The zero-order chi connectivity index (χ0) is 17.6. The minimum absolute atomic E-state index is 0.0640. The van der Waals surface area contributed by atoms with Gasteiger partial charge in [0, 0.05) is 12.6 Å². The number of thiophene rings is 1. The minimum Gasteiger partial charge on any atom is -0.293 e. The maximum absolute atomic E-state index is 12.8. The Morgan fingerprint density at radius 2 is 2.08 bits per heavy atom. The molecule has 2 aromatic heterocycles. The minimum atomic E-state index is -0.296. The van der Waals surface area contributed by atoms with Gasteiger partial charge in [-0.2, -0.15) is 0 Å². The van der Waals surface area contributed by atoms with Crippen molar-refractivity contribution in [2.24, 2.45) is 7.05 Å². The molecule has 4 rings (SSSR count). The molecular formula is C19H18N2O2S2. The molecule has 0 saturated carbocycles. The molecule has 0 saturated heterocycles. The number of Topliss-reactive ketones (excluding diaryl/α,β-unsaturated/α-hetero) is 1. The van der Waals surface area contributed by atoms with Gasteiger partial charge in [0.2, 0.25) is 0 Å². The second kappa shape index (κ2) is 6.42. The summed E-state index contributed by atoms with van der Waals surface area (Å²) >= 11 is 2.79. The van der Waals surface area contributed by atoms with E-state index in [1.807, 2.05) is 24.4 Å². The van der Waals surface area contributed by atoms with Crippen molar-refractivity contribution in [2.45, 2.75) is 36.6 Å². The number of hydrogen-bond acceptors (Lipinski definition) is 5. The number of benzene rings is 1. The monoisotopic (exact) mass is 370 g/mol. The zero-order valence-electron chi connectivity index (χ0n) is 14.1. The molecule has 4 nitrogen and oxygen atoms in total. The first kappa shape index (κ1) is 16.5. The van der Waals surface area contributed by atoms with Crippen LogP contribution in [-0.2, 0) is 19.9 Å². The molecule has 0 N–H and O–H groups in total. The van der Waals surface area contributed by atoms with E-state index in [1.54, 1.807) is 13.1 Å². The third-order valence-electron chi connectivity index (χ3n) is 4.70. The molecule has 0 spiro atoms. The van der Waals surface area contributed by atoms with Crippen LogP contribution in [0.5, 0.6) is 0 Å². The van der Waals surface area contributed by atoms with Crippen LogP contribution in [-0.4, -0.2) is 20.6 Å². The second-order valence-corrected chi connectivity index (χ2v) is 8.56. The summed E-state index contributed by atoms with van der Waals surface area (Å²) in [5.74, 6) is 0.0835. The van der Waals surface area contributed by atoms with Crippen LogP contribution in [0, 0.1) is 0 Å². The molecule has 0 bridgehead atoms. The quantitative estimate of drug-likeness (QED) is 0.398. The van der Waals surface area contributed by atoms with E-state index in [4.69, 9.17) is 0 Å². The van der Waals surface area contributed by atoms with Crippen molar-refractivity contribution in [2.75, 3.05) is 0 Å². The maximum Gasteiger partial charge on any atom is 0.262 e. The number of aryl methyl sites for hydroxylation is 2. The standard InChI is InChI=1S/C19H18N2O2S2/c1-11(16(22)14-7-6-12-4-3-5-13(12)10-14)25-19-20-17-15(8-9-24-17)18(23)21(19)2/h6-11H,3-5H2,1-2H3. The molecule has 1 atom stereocenters. The number of rotatable bonds is 4. The number of thioether (sulfide) groups is 1. The highest BCUT2D eigenvalue weighted by Gasteiger charge is 2.21. The van der Waals surface area contributed by atoms with Gasteiger partial charge >= 0.3 is 0 Å². The zero-order valence-corrected chi connectivity index (χ0v) is 15.7. The van der Waals surface area contributed by atoms with E-state index < -0.39 is 0 Å². The average molecular weight is 370 g/mol. The van der Waals surface area contributed by atoms with Gasteiger partial charge in [0.15, 0.2) is 10.9 Å². The highest BCUT2D eigenvalue weighted by Crippen LogP contribution is 2.28.